The van der Waals surface area contributed by atoms with Crippen molar-refractivity contribution in [2.24, 2.45) is 0 Å². The lowest BCUT2D eigenvalue weighted by molar-refractivity contribution is -0.142. The van der Waals surface area contributed by atoms with Crippen LogP contribution >= 0.6 is 23.4 Å². The molecular formula is C20H21ClN2O5S2. The van der Waals surface area contributed by atoms with Crippen molar-refractivity contribution in [2.45, 2.75) is 9.79 Å². The van der Waals surface area contributed by atoms with Crippen LogP contribution in [-0.4, -0.2) is 51.6 Å². The summed E-state index contributed by atoms with van der Waals surface area (Å²) in [6.07, 6.45) is 4.77. The lowest BCUT2D eigenvalue weighted by Gasteiger charge is -2.13. The molecule has 160 valence electrons. The average Bonchev–Trinajstić information content (AvgIpc) is 2.72. The van der Waals surface area contributed by atoms with Crippen molar-refractivity contribution in [3.05, 3.63) is 59.1 Å². The molecule has 7 nitrogen and oxygen atoms in total. The molecule has 10 heteroatoms. The van der Waals surface area contributed by atoms with E-state index in [0.29, 0.717) is 0 Å². The summed E-state index contributed by atoms with van der Waals surface area (Å²) in [7, 11) is -0.898. The quantitative estimate of drug-likeness (QED) is 0.362. The minimum absolute atomic E-state index is 0.0281. The van der Waals surface area contributed by atoms with Gasteiger partial charge in [-0.1, -0.05) is 23.7 Å². The number of nitrogens with one attached hydrogen (secondary N) is 1. The summed E-state index contributed by atoms with van der Waals surface area (Å²) in [5, 5.41) is 2.60. The van der Waals surface area contributed by atoms with Crippen molar-refractivity contribution in [1.82, 2.24) is 4.31 Å². The summed E-state index contributed by atoms with van der Waals surface area (Å²) in [5.74, 6) is -1.34. The Morgan fingerprint density at radius 1 is 1.17 bits per heavy atom. The maximum Gasteiger partial charge on any atom is 0.331 e. The molecule has 0 saturated heterocycles. The fourth-order valence-corrected chi connectivity index (χ4v) is 3.72. The van der Waals surface area contributed by atoms with Gasteiger partial charge in [0.25, 0.3) is 5.91 Å². The van der Waals surface area contributed by atoms with E-state index in [1.165, 1.54) is 38.4 Å². The fraction of sp³-hybridized carbons (Fsp3) is 0.200. The zero-order chi connectivity index (χ0) is 22.3. The molecule has 0 aliphatic rings. The third kappa shape index (κ3) is 6.60. The van der Waals surface area contributed by atoms with E-state index in [4.69, 9.17) is 16.3 Å². The van der Waals surface area contributed by atoms with Crippen molar-refractivity contribution in [2.75, 3.05) is 32.3 Å². The van der Waals surface area contributed by atoms with Gasteiger partial charge in [-0.25, -0.2) is 17.5 Å². The van der Waals surface area contributed by atoms with E-state index in [-0.39, 0.29) is 15.6 Å². The Morgan fingerprint density at radius 3 is 2.43 bits per heavy atom. The van der Waals surface area contributed by atoms with Gasteiger partial charge in [-0.05, 0) is 48.2 Å². The topological polar surface area (TPSA) is 92.8 Å². The van der Waals surface area contributed by atoms with Gasteiger partial charge in [0.2, 0.25) is 10.0 Å². The Hall–Kier alpha value is -2.33. The van der Waals surface area contributed by atoms with Crippen LogP contribution in [0.3, 0.4) is 0 Å². The van der Waals surface area contributed by atoms with E-state index >= 15 is 0 Å². The number of halogens is 1. The van der Waals surface area contributed by atoms with E-state index in [2.05, 4.69) is 5.32 Å². The average molecular weight is 469 g/mol. The second-order valence-electron chi connectivity index (χ2n) is 6.19. The van der Waals surface area contributed by atoms with Gasteiger partial charge in [0.15, 0.2) is 6.61 Å². The summed E-state index contributed by atoms with van der Waals surface area (Å²) in [5.41, 5.74) is 0.921. The summed E-state index contributed by atoms with van der Waals surface area (Å²) in [6.45, 7) is -0.546. The maximum atomic E-state index is 12.2. The number of hydrogen-bond donors (Lipinski definition) is 1. The maximum absolute atomic E-state index is 12.2. The normalized spacial score (nSPS) is 11.6. The molecule has 2 rings (SSSR count). The molecule has 2 aromatic rings. The van der Waals surface area contributed by atoms with Crippen LogP contribution in [0.15, 0.2) is 58.3 Å². The molecule has 0 atom stereocenters. The van der Waals surface area contributed by atoms with Gasteiger partial charge >= 0.3 is 5.97 Å². The summed E-state index contributed by atoms with van der Waals surface area (Å²) >= 11 is 7.64. The van der Waals surface area contributed by atoms with Gasteiger partial charge in [0, 0.05) is 25.1 Å². The number of nitrogens with zero attached hydrogens (tertiary/aromatic N) is 1. The minimum atomic E-state index is -3.69. The molecule has 30 heavy (non-hydrogen) atoms. The molecule has 0 saturated carbocycles. The Balaban J connectivity index is 1.95. The van der Waals surface area contributed by atoms with Crippen LogP contribution in [0.4, 0.5) is 5.69 Å². The first-order chi connectivity index (χ1) is 14.1. The third-order valence-corrected chi connectivity index (χ3v) is 6.75. The summed E-state index contributed by atoms with van der Waals surface area (Å²) in [4.78, 5) is 25.0. The van der Waals surface area contributed by atoms with Crippen LogP contribution in [0.2, 0.25) is 5.02 Å². The largest absolute Gasteiger partial charge is 0.452 e. The van der Waals surface area contributed by atoms with Crippen molar-refractivity contribution in [3.8, 4) is 0 Å². The standard InChI is InChI=1S/C20H21ClN2O5S2/c1-23(2)30(26,27)16-9-10-17(21)18(12-16)22-19(24)13-28-20(25)11-6-14-4-7-15(29-3)8-5-14/h4-12H,13H2,1-3H3,(H,22,24). The number of sulfonamides is 1. The monoisotopic (exact) mass is 468 g/mol. The lowest BCUT2D eigenvalue weighted by Crippen LogP contribution is -2.23. The molecule has 0 aromatic heterocycles. The number of esters is 1. The van der Waals surface area contributed by atoms with Crippen LogP contribution in [0.5, 0.6) is 0 Å². The van der Waals surface area contributed by atoms with Crippen molar-refractivity contribution in [1.29, 1.82) is 0 Å². The van der Waals surface area contributed by atoms with Crippen molar-refractivity contribution < 1.29 is 22.7 Å². The number of hydrogen-bond acceptors (Lipinski definition) is 6. The van der Waals surface area contributed by atoms with Crippen LogP contribution in [0, 0.1) is 0 Å². The highest BCUT2D eigenvalue weighted by molar-refractivity contribution is 7.98. The highest BCUT2D eigenvalue weighted by Gasteiger charge is 2.19. The number of benzene rings is 2. The first-order valence-electron chi connectivity index (χ1n) is 8.64. The van der Waals surface area contributed by atoms with Gasteiger partial charge < -0.3 is 10.1 Å². The predicted octanol–water partition coefficient (Wildman–Crippen LogP) is 3.51. The molecule has 0 aliphatic heterocycles. The molecule has 1 amide bonds. The number of amides is 1. The Labute approximate surface area is 185 Å². The zero-order valence-corrected chi connectivity index (χ0v) is 19.0. The number of thioether (sulfide) groups is 1. The van der Waals surface area contributed by atoms with Crippen LogP contribution in [0.25, 0.3) is 6.08 Å². The Bertz CT molecular complexity index is 1050. The molecule has 0 unspecified atom stereocenters. The van der Waals surface area contributed by atoms with E-state index in [1.54, 1.807) is 17.8 Å². The fourth-order valence-electron chi connectivity index (χ4n) is 2.22. The molecule has 0 fully saturated rings. The number of carbonyl (C=O) groups is 2. The van der Waals surface area contributed by atoms with Gasteiger partial charge in [-0.15, -0.1) is 11.8 Å². The molecule has 0 bridgehead atoms. The second-order valence-corrected chi connectivity index (χ2v) is 9.63. The summed E-state index contributed by atoms with van der Waals surface area (Å²) in [6, 6.07) is 11.5. The minimum Gasteiger partial charge on any atom is -0.452 e. The molecule has 2 aromatic carbocycles. The SMILES string of the molecule is CSc1ccc(C=CC(=O)OCC(=O)Nc2cc(S(=O)(=O)N(C)C)ccc2Cl)cc1. The number of ether oxygens (including phenoxy) is 1. The van der Waals surface area contributed by atoms with E-state index in [0.717, 1.165) is 14.8 Å². The van der Waals surface area contributed by atoms with Crippen LogP contribution < -0.4 is 5.32 Å². The molecular weight excluding hydrogens is 448 g/mol. The number of anilines is 1. The summed E-state index contributed by atoms with van der Waals surface area (Å²) < 4.78 is 30.4. The predicted molar refractivity (Wildman–Crippen MR) is 119 cm³/mol. The highest BCUT2D eigenvalue weighted by atomic mass is 35.5. The lowest BCUT2D eigenvalue weighted by atomic mass is 10.2. The first kappa shape index (κ1) is 23.9. The van der Waals surface area contributed by atoms with Gasteiger partial charge in [-0.2, -0.15) is 0 Å². The Kier molecular flexibility index (Phi) is 8.48. The molecule has 0 heterocycles. The third-order valence-electron chi connectivity index (χ3n) is 3.86. The number of carbonyl (C=O) groups excluding carboxylic acids is 2. The van der Waals surface area contributed by atoms with Gasteiger partial charge in [-0.3, -0.25) is 4.79 Å². The Morgan fingerprint density at radius 2 is 1.83 bits per heavy atom. The van der Waals surface area contributed by atoms with E-state index in [9.17, 15) is 18.0 Å². The molecule has 0 radical (unpaired) electrons. The smallest absolute Gasteiger partial charge is 0.331 e. The molecule has 1 N–H and O–H groups in total. The molecule has 0 spiro atoms. The second kappa shape index (κ2) is 10.6. The van der Waals surface area contributed by atoms with Crippen LogP contribution in [0.1, 0.15) is 5.56 Å². The van der Waals surface area contributed by atoms with Gasteiger partial charge in [0.1, 0.15) is 0 Å². The van der Waals surface area contributed by atoms with Crippen molar-refractivity contribution in [3.63, 3.8) is 0 Å². The van der Waals surface area contributed by atoms with E-state index < -0.39 is 28.5 Å². The van der Waals surface area contributed by atoms with Crippen molar-refractivity contribution >= 4 is 57.0 Å². The zero-order valence-electron chi connectivity index (χ0n) is 16.6. The van der Waals surface area contributed by atoms with Crippen LogP contribution in [-0.2, 0) is 24.3 Å². The molecule has 0 aliphatic carbocycles. The van der Waals surface area contributed by atoms with Gasteiger partial charge in [0.05, 0.1) is 15.6 Å². The number of rotatable bonds is 8. The first-order valence-corrected chi connectivity index (χ1v) is 11.7. The highest BCUT2D eigenvalue weighted by Crippen LogP contribution is 2.26. The van der Waals surface area contributed by atoms with E-state index in [1.807, 2.05) is 30.5 Å².